The Hall–Kier alpha value is -1.65. The van der Waals surface area contributed by atoms with Gasteiger partial charge in [0.25, 0.3) is 5.69 Å². The molecular weight excluding hydrogens is 163 g/mol. The van der Waals surface area contributed by atoms with Crippen molar-refractivity contribution >= 4 is 11.4 Å². The van der Waals surface area contributed by atoms with Crippen molar-refractivity contribution in [2.45, 2.75) is 6.92 Å². The zero-order chi connectivity index (χ0) is 9.30. The molecule has 0 aromatic heterocycles. The first-order chi connectivity index (χ1) is 5.52. The summed E-state index contributed by atoms with van der Waals surface area (Å²) in [4.78, 5) is 9.52. The van der Waals surface area contributed by atoms with Gasteiger partial charge in [0.2, 0.25) is 0 Å². The first kappa shape index (κ1) is 8.45. The van der Waals surface area contributed by atoms with E-state index in [1.54, 1.807) is 0 Å². The molecule has 0 saturated carbocycles. The summed E-state index contributed by atoms with van der Waals surface area (Å²) in [5.41, 5.74) is 5.33. The molecular formula is C7H7FN2O2. The van der Waals surface area contributed by atoms with Crippen molar-refractivity contribution in [2.24, 2.45) is 0 Å². The summed E-state index contributed by atoms with van der Waals surface area (Å²) in [5.74, 6) is -0.651. The van der Waals surface area contributed by atoms with Crippen molar-refractivity contribution in [2.75, 3.05) is 5.73 Å². The molecule has 1 aromatic rings. The molecule has 0 radical (unpaired) electrons. The Labute approximate surface area is 68.0 Å². The Morgan fingerprint density at radius 2 is 2.17 bits per heavy atom. The van der Waals surface area contributed by atoms with Gasteiger partial charge in [-0.2, -0.15) is 0 Å². The Kier molecular flexibility index (Phi) is 1.95. The van der Waals surface area contributed by atoms with Crippen molar-refractivity contribution in [3.63, 3.8) is 0 Å². The molecule has 1 aromatic carbocycles. The predicted molar refractivity (Wildman–Crippen MR) is 42.2 cm³/mol. The normalized spacial score (nSPS) is 9.83. The van der Waals surface area contributed by atoms with Crippen molar-refractivity contribution in [3.05, 3.63) is 33.6 Å². The summed E-state index contributed by atoms with van der Waals surface area (Å²) in [6, 6.07) is 1.99. The van der Waals surface area contributed by atoms with E-state index in [4.69, 9.17) is 5.73 Å². The van der Waals surface area contributed by atoms with E-state index in [0.717, 1.165) is 12.1 Å². The average Bonchev–Trinajstić information content (AvgIpc) is 1.99. The molecule has 0 spiro atoms. The van der Waals surface area contributed by atoms with Gasteiger partial charge in [-0.25, -0.2) is 4.39 Å². The van der Waals surface area contributed by atoms with Gasteiger partial charge >= 0.3 is 0 Å². The highest BCUT2D eigenvalue weighted by Crippen LogP contribution is 2.22. The third kappa shape index (κ3) is 1.34. The lowest BCUT2D eigenvalue weighted by Gasteiger charge is -2.00. The van der Waals surface area contributed by atoms with Crippen molar-refractivity contribution in [3.8, 4) is 0 Å². The van der Waals surface area contributed by atoms with Gasteiger partial charge in [0, 0.05) is 17.3 Å². The predicted octanol–water partition coefficient (Wildman–Crippen LogP) is 1.62. The van der Waals surface area contributed by atoms with E-state index in [2.05, 4.69) is 0 Å². The van der Waals surface area contributed by atoms with E-state index in [-0.39, 0.29) is 16.9 Å². The van der Waals surface area contributed by atoms with Gasteiger partial charge in [-0.3, -0.25) is 10.1 Å². The zero-order valence-electron chi connectivity index (χ0n) is 6.37. The maximum Gasteiger partial charge on any atom is 0.274 e. The van der Waals surface area contributed by atoms with Crippen molar-refractivity contribution < 1.29 is 9.31 Å². The maximum atomic E-state index is 12.8. The van der Waals surface area contributed by atoms with Gasteiger partial charge in [-0.1, -0.05) is 0 Å². The van der Waals surface area contributed by atoms with Gasteiger partial charge in [0.15, 0.2) is 0 Å². The second-order valence-corrected chi connectivity index (χ2v) is 2.40. The molecule has 0 bridgehead atoms. The fraction of sp³-hybridized carbons (Fsp3) is 0.143. The third-order valence-electron chi connectivity index (χ3n) is 1.58. The molecule has 0 atom stereocenters. The second kappa shape index (κ2) is 2.77. The molecule has 0 saturated heterocycles. The van der Waals surface area contributed by atoms with Crippen molar-refractivity contribution in [1.82, 2.24) is 0 Å². The number of nitrogens with zero attached hydrogens (tertiary/aromatic N) is 1. The van der Waals surface area contributed by atoms with Gasteiger partial charge in [-0.05, 0) is 6.92 Å². The molecule has 2 N–H and O–H groups in total. The number of nitro benzene ring substituents is 1. The molecule has 0 heterocycles. The number of nitrogens with two attached hydrogens (primary N) is 1. The van der Waals surface area contributed by atoms with E-state index in [9.17, 15) is 14.5 Å². The molecule has 4 nitrogen and oxygen atoms in total. The largest absolute Gasteiger partial charge is 0.398 e. The van der Waals surface area contributed by atoms with Crippen LogP contribution in [0.25, 0.3) is 0 Å². The summed E-state index contributed by atoms with van der Waals surface area (Å²) >= 11 is 0. The lowest BCUT2D eigenvalue weighted by molar-refractivity contribution is -0.385. The number of benzene rings is 1. The van der Waals surface area contributed by atoms with Gasteiger partial charge < -0.3 is 5.73 Å². The molecule has 0 aliphatic heterocycles. The summed E-state index contributed by atoms with van der Waals surface area (Å²) in [5, 5.41) is 10.2. The van der Waals surface area contributed by atoms with Crippen LogP contribution in [0.1, 0.15) is 5.56 Å². The highest BCUT2D eigenvalue weighted by atomic mass is 19.1. The van der Waals surface area contributed by atoms with Crippen LogP contribution in [0.2, 0.25) is 0 Å². The first-order valence-corrected chi connectivity index (χ1v) is 3.22. The third-order valence-corrected chi connectivity index (χ3v) is 1.58. The number of non-ortho nitro benzene ring substituents is 1. The van der Waals surface area contributed by atoms with Gasteiger partial charge in [-0.15, -0.1) is 0 Å². The number of hydrogen-bond donors (Lipinski definition) is 1. The van der Waals surface area contributed by atoms with Crippen LogP contribution in [0.3, 0.4) is 0 Å². The molecule has 0 aliphatic rings. The van der Waals surface area contributed by atoms with E-state index >= 15 is 0 Å². The minimum atomic E-state index is -0.682. The van der Waals surface area contributed by atoms with Crippen LogP contribution >= 0.6 is 0 Å². The van der Waals surface area contributed by atoms with Crippen LogP contribution in [0, 0.1) is 22.9 Å². The molecule has 1 rings (SSSR count). The minimum absolute atomic E-state index is 0.0988. The van der Waals surface area contributed by atoms with Gasteiger partial charge in [0.05, 0.1) is 11.0 Å². The molecule has 5 heteroatoms. The Morgan fingerprint density at radius 3 is 2.58 bits per heavy atom. The van der Waals surface area contributed by atoms with E-state index < -0.39 is 10.7 Å². The summed E-state index contributed by atoms with van der Waals surface area (Å²) in [6.07, 6.45) is 0. The van der Waals surface area contributed by atoms with E-state index in [0.29, 0.717) is 0 Å². The zero-order valence-corrected chi connectivity index (χ0v) is 6.37. The SMILES string of the molecule is Cc1c(N)cc([N+](=O)[O-])cc1F. The lowest BCUT2D eigenvalue weighted by Crippen LogP contribution is -1.96. The van der Waals surface area contributed by atoms with Crippen LogP contribution < -0.4 is 5.73 Å². The standard InChI is InChI=1S/C7H7FN2O2/c1-4-6(8)2-5(10(11)12)3-7(4)9/h2-3H,9H2,1H3. The number of rotatable bonds is 1. The quantitative estimate of drug-likeness (QED) is 0.395. The van der Waals surface area contributed by atoms with Crippen LogP contribution in [0.5, 0.6) is 0 Å². The average molecular weight is 170 g/mol. The number of halogens is 1. The van der Waals surface area contributed by atoms with Crippen LogP contribution in [-0.2, 0) is 0 Å². The number of anilines is 1. The Bertz CT molecular complexity index is 315. The summed E-state index contributed by atoms with van der Waals surface area (Å²) < 4.78 is 12.8. The minimum Gasteiger partial charge on any atom is -0.398 e. The lowest BCUT2D eigenvalue weighted by atomic mass is 10.2. The molecule has 12 heavy (non-hydrogen) atoms. The highest BCUT2D eigenvalue weighted by Gasteiger charge is 2.11. The molecule has 0 aliphatic carbocycles. The van der Waals surface area contributed by atoms with E-state index in [1.807, 2.05) is 0 Å². The topological polar surface area (TPSA) is 69.2 Å². The number of nitro groups is 1. The fourth-order valence-corrected chi connectivity index (χ4v) is 0.791. The highest BCUT2D eigenvalue weighted by molar-refractivity contribution is 5.53. The van der Waals surface area contributed by atoms with Crippen LogP contribution in [0.4, 0.5) is 15.8 Å². The molecule has 0 fully saturated rings. The monoisotopic (exact) mass is 170 g/mol. The van der Waals surface area contributed by atoms with Crippen molar-refractivity contribution in [1.29, 1.82) is 0 Å². The fourth-order valence-electron chi connectivity index (χ4n) is 0.791. The first-order valence-electron chi connectivity index (χ1n) is 3.22. The molecule has 0 amide bonds. The molecule has 64 valence electrons. The van der Waals surface area contributed by atoms with Crippen LogP contribution in [0.15, 0.2) is 12.1 Å². The van der Waals surface area contributed by atoms with Gasteiger partial charge in [0.1, 0.15) is 5.82 Å². The number of nitrogen functional groups attached to an aromatic ring is 1. The van der Waals surface area contributed by atoms with E-state index in [1.165, 1.54) is 6.92 Å². The Morgan fingerprint density at radius 1 is 1.58 bits per heavy atom. The molecule has 0 unspecified atom stereocenters. The number of hydrogen-bond acceptors (Lipinski definition) is 3. The van der Waals surface area contributed by atoms with Crippen LogP contribution in [-0.4, -0.2) is 4.92 Å². The summed E-state index contributed by atoms with van der Waals surface area (Å²) in [7, 11) is 0. The summed E-state index contributed by atoms with van der Waals surface area (Å²) in [6.45, 7) is 1.47. The second-order valence-electron chi connectivity index (χ2n) is 2.40. The maximum absolute atomic E-state index is 12.8. The Balaban J connectivity index is 3.31. The smallest absolute Gasteiger partial charge is 0.274 e.